The first-order valence-corrected chi connectivity index (χ1v) is 6.62. The van der Waals surface area contributed by atoms with Gasteiger partial charge in [-0.05, 0) is 30.9 Å². The van der Waals surface area contributed by atoms with Crippen molar-refractivity contribution in [3.63, 3.8) is 0 Å². The molecule has 92 valence electrons. The second kappa shape index (κ2) is 5.45. The molecule has 1 aliphatic rings. The van der Waals surface area contributed by atoms with E-state index in [1.54, 1.807) is 6.20 Å². The maximum absolute atomic E-state index is 5.58. The second-order valence-corrected chi connectivity index (χ2v) is 5.16. The van der Waals surface area contributed by atoms with Crippen molar-refractivity contribution in [1.29, 1.82) is 0 Å². The molecule has 1 heterocycles. The predicted molar refractivity (Wildman–Crippen MR) is 75.2 cm³/mol. The van der Waals surface area contributed by atoms with Crippen LogP contribution in [0.4, 0.5) is 5.69 Å². The Bertz CT molecular complexity index is 401. The van der Waals surface area contributed by atoms with Crippen molar-refractivity contribution in [3.05, 3.63) is 24.0 Å². The van der Waals surface area contributed by atoms with Crippen molar-refractivity contribution in [2.45, 2.75) is 38.6 Å². The molecule has 0 bridgehead atoms. The molecule has 2 rings (SSSR count). The third kappa shape index (κ3) is 3.66. The number of thiocarbonyl (C=S) groups is 1. The SMILES string of the molecule is CCC(CC1CC1)Nc1ccnc(C(N)=S)c1. The van der Waals surface area contributed by atoms with Gasteiger partial charge in [0, 0.05) is 17.9 Å². The number of anilines is 1. The lowest BCUT2D eigenvalue weighted by Gasteiger charge is -2.18. The van der Waals surface area contributed by atoms with E-state index in [9.17, 15) is 0 Å². The lowest BCUT2D eigenvalue weighted by atomic mass is 10.1. The monoisotopic (exact) mass is 249 g/mol. The minimum Gasteiger partial charge on any atom is -0.388 e. The van der Waals surface area contributed by atoms with E-state index in [1.807, 2.05) is 12.1 Å². The van der Waals surface area contributed by atoms with Gasteiger partial charge in [-0.1, -0.05) is 32.0 Å². The zero-order valence-corrected chi connectivity index (χ0v) is 11.0. The molecule has 1 aromatic heterocycles. The van der Waals surface area contributed by atoms with Crippen LogP contribution in [0.2, 0.25) is 0 Å². The second-order valence-electron chi connectivity index (χ2n) is 4.72. The minimum atomic E-state index is 0.351. The first-order chi connectivity index (χ1) is 8.19. The van der Waals surface area contributed by atoms with Gasteiger partial charge in [0.2, 0.25) is 0 Å². The molecule has 1 fully saturated rings. The van der Waals surface area contributed by atoms with E-state index in [-0.39, 0.29) is 0 Å². The summed E-state index contributed by atoms with van der Waals surface area (Å²) in [6, 6.07) is 4.44. The third-order valence-electron chi connectivity index (χ3n) is 3.19. The Hall–Kier alpha value is -1.16. The van der Waals surface area contributed by atoms with E-state index in [1.165, 1.54) is 19.3 Å². The zero-order chi connectivity index (χ0) is 12.3. The van der Waals surface area contributed by atoms with Gasteiger partial charge in [-0.2, -0.15) is 0 Å². The number of aromatic nitrogens is 1. The van der Waals surface area contributed by atoms with Gasteiger partial charge in [0.15, 0.2) is 0 Å². The molecule has 0 amide bonds. The van der Waals surface area contributed by atoms with Crippen molar-refractivity contribution in [1.82, 2.24) is 4.98 Å². The summed E-state index contributed by atoms with van der Waals surface area (Å²) >= 11 is 4.93. The Morgan fingerprint density at radius 2 is 2.41 bits per heavy atom. The van der Waals surface area contributed by atoms with E-state index < -0.39 is 0 Å². The van der Waals surface area contributed by atoms with Crippen molar-refractivity contribution >= 4 is 22.9 Å². The highest BCUT2D eigenvalue weighted by atomic mass is 32.1. The van der Waals surface area contributed by atoms with E-state index in [0.29, 0.717) is 16.7 Å². The number of hydrogen-bond acceptors (Lipinski definition) is 3. The van der Waals surface area contributed by atoms with Gasteiger partial charge in [-0.15, -0.1) is 0 Å². The smallest absolute Gasteiger partial charge is 0.122 e. The number of nitrogens with two attached hydrogens (primary N) is 1. The molecule has 1 aliphatic carbocycles. The molecule has 3 N–H and O–H groups in total. The largest absolute Gasteiger partial charge is 0.388 e. The van der Waals surface area contributed by atoms with Gasteiger partial charge < -0.3 is 11.1 Å². The van der Waals surface area contributed by atoms with Crippen LogP contribution in [0, 0.1) is 5.92 Å². The van der Waals surface area contributed by atoms with Crippen LogP contribution >= 0.6 is 12.2 Å². The van der Waals surface area contributed by atoms with Crippen LogP contribution in [0.15, 0.2) is 18.3 Å². The number of nitrogens with zero attached hydrogens (tertiary/aromatic N) is 1. The quantitative estimate of drug-likeness (QED) is 0.761. The molecule has 1 aromatic rings. The molecular weight excluding hydrogens is 230 g/mol. The first-order valence-electron chi connectivity index (χ1n) is 6.21. The Kier molecular flexibility index (Phi) is 3.94. The van der Waals surface area contributed by atoms with Crippen LogP contribution in [-0.4, -0.2) is 16.0 Å². The molecular formula is C13H19N3S. The summed E-state index contributed by atoms with van der Waals surface area (Å²) in [7, 11) is 0. The standard InChI is InChI=1S/C13H19N3S/c1-2-10(7-9-3-4-9)16-11-5-6-15-12(8-11)13(14)17/h5-6,8-10H,2-4,7H2,1H3,(H2,14,17)(H,15,16). The average molecular weight is 249 g/mol. The predicted octanol–water partition coefficient (Wildman–Crippen LogP) is 2.71. The highest BCUT2D eigenvalue weighted by molar-refractivity contribution is 7.80. The summed E-state index contributed by atoms with van der Waals surface area (Å²) in [5.41, 5.74) is 7.33. The summed E-state index contributed by atoms with van der Waals surface area (Å²) in [6.45, 7) is 2.22. The van der Waals surface area contributed by atoms with Crippen molar-refractivity contribution in [2.75, 3.05) is 5.32 Å². The Morgan fingerprint density at radius 1 is 1.65 bits per heavy atom. The molecule has 0 aliphatic heterocycles. The van der Waals surface area contributed by atoms with E-state index in [0.717, 1.165) is 18.0 Å². The average Bonchev–Trinajstić information content (AvgIpc) is 3.12. The van der Waals surface area contributed by atoms with Crippen LogP contribution < -0.4 is 11.1 Å². The van der Waals surface area contributed by atoms with E-state index >= 15 is 0 Å². The highest BCUT2D eigenvalue weighted by Gasteiger charge is 2.24. The first kappa shape index (κ1) is 12.3. The topological polar surface area (TPSA) is 50.9 Å². The van der Waals surface area contributed by atoms with Crippen LogP contribution in [0.1, 0.15) is 38.3 Å². The maximum atomic E-state index is 5.58. The molecule has 3 nitrogen and oxygen atoms in total. The van der Waals surface area contributed by atoms with E-state index in [2.05, 4.69) is 17.2 Å². The van der Waals surface area contributed by atoms with Crippen molar-refractivity contribution < 1.29 is 0 Å². The molecule has 1 saturated carbocycles. The summed E-state index contributed by atoms with van der Waals surface area (Å²) in [5.74, 6) is 0.935. The molecule has 4 heteroatoms. The summed E-state index contributed by atoms with van der Waals surface area (Å²) in [4.78, 5) is 4.49. The maximum Gasteiger partial charge on any atom is 0.122 e. The van der Waals surface area contributed by atoms with Gasteiger partial charge in [-0.3, -0.25) is 4.98 Å². The summed E-state index contributed by atoms with van der Waals surface area (Å²) < 4.78 is 0. The fourth-order valence-corrected chi connectivity index (χ4v) is 2.09. The Balaban J connectivity index is 2.00. The third-order valence-corrected chi connectivity index (χ3v) is 3.40. The van der Waals surface area contributed by atoms with Gasteiger partial charge in [0.1, 0.15) is 4.99 Å². The molecule has 0 radical (unpaired) electrons. The van der Waals surface area contributed by atoms with Gasteiger partial charge in [0.25, 0.3) is 0 Å². The number of pyridine rings is 1. The summed E-state index contributed by atoms with van der Waals surface area (Å²) in [6.07, 6.45) is 6.95. The molecule has 0 spiro atoms. The van der Waals surface area contributed by atoms with E-state index in [4.69, 9.17) is 18.0 Å². The van der Waals surface area contributed by atoms with Gasteiger partial charge in [0.05, 0.1) is 5.69 Å². The fraction of sp³-hybridized carbons (Fsp3) is 0.538. The number of nitrogens with one attached hydrogen (secondary N) is 1. The minimum absolute atomic E-state index is 0.351. The lowest BCUT2D eigenvalue weighted by molar-refractivity contribution is 0.587. The zero-order valence-electron chi connectivity index (χ0n) is 10.1. The molecule has 0 aromatic carbocycles. The lowest BCUT2D eigenvalue weighted by Crippen LogP contribution is -2.20. The summed E-state index contributed by atoms with van der Waals surface area (Å²) in [5, 5.41) is 3.54. The van der Waals surface area contributed by atoms with Crippen LogP contribution in [0.5, 0.6) is 0 Å². The molecule has 0 saturated heterocycles. The number of rotatable bonds is 6. The van der Waals surface area contributed by atoms with Gasteiger partial charge >= 0.3 is 0 Å². The fourth-order valence-electron chi connectivity index (χ4n) is 1.97. The highest BCUT2D eigenvalue weighted by Crippen LogP contribution is 2.34. The normalized spacial score (nSPS) is 16.5. The van der Waals surface area contributed by atoms with Crippen molar-refractivity contribution in [3.8, 4) is 0 Å². The van der Waals surface area contributed by atoms with Gasteiger partial charge in [-0.25, -0.2) is 0 Å². The molecule has 17 heavy (non-hydrogen) atoms. The Labute approximate surface area is 108 Å². The van der Waals surface area contributed by atoms with Crippen LogP contribution in [-0.2, 0) is 0 Å². The Morgan fingerprint density at radius 3 is 3.00 bits per heavy atom. The van der Waals surface area contributed by atoms with Crippen LogP contribution in [0.25, 0.3) is 0 Å². The number of hydrogen-bond donors (Lipinski definition) is 2. The van der Waals surface area contributed by atoms with Crippen LogP contribution in [0.3, 0.4) is 0 Å². The molecule has 1 atom stereocenters. The van der Waals surface area contributed by atoms with Crippen molar-refractivity contribution in [2.24, 2.45) is 11.7 Å². The molecule has 1 unspecified atom stereocenters.